The van der Waals surface area contributed by atoms with Crippen molar-refractivity contribution in [1.29, 1.82) is 0 Å². The summed E-state index contributed by atoms with van der Waals surface area (Å²) in [5.74, 6) is -2.05. The van der Waals surface area contributed by atoms with Gasteiger partial charge in [-0.2, -0.15) is 0 Å². The summed E-state index contributed by atoms with van der Waals surface area (Å²) in [6, 6.07) is 15.5. The average Bonchev–Trinajstić information content (AvgIpc) is 3.18. The Morgan fingerprint density at radius 2 is 1.83 bits per heavy atom. The first kappa shape index (κ1) is 24.7. The largest absolute Gasteiger partial charge is 0.502 e. The number of sulfonamides is 1. The second-order valence-corrected chi connectivity index (χ2v) is 9.76. The fourth-order valence-electron chi connectivity index (χ4n) is 3.99. The number of carbonyl (C=O) groups excluding carboxylic acids is 2. The van der Waals surface area contributed by atoms with Crippen molar-refractivity contribution in [3.8, 4) is 5.75 Å². The van der Waals surface area contributed by atoms with Crippen LogP contribution in [0, 0.1) is 10.1 Å². The Balaban J connectivity index is 1.50. The first-order chi connectivity index (χ1) is 17.1. The van der Waals surface area contributed by atoms with Crippen molar-refractivity contribution in [1.82, 2.24) is 0 Å². The van der Waals surface area contributed by atoms with Crippen LogP contribution >= 0.6 is 0 Å². The molecule has 0 radical (unpaired) electrons. The molecule has 4 rings (SSSR count). The summed E-state index contributed by atoms with van der Waals surface area (Å²) in [5, 5.41) is 20.6. The van der Waals surface area contributed by atoms with Crippen LogP contribution in [0.1, 0.15) is 22.8 Å². The molecule has 0 spiro atoms. The fraction of sp³-hybridized carbons (Fsp3) is 0.167. The van der Waals surface area contributed by atoms with Gasteiger partial charge in [0.2, 0.25) is 0 Å². The van der Waals surface area contributed by atoms with Crippen LogP contribution in [0.5, 0.6) is 5.75 Å². The van der Waals surface area contributed by atoms with E-state index in [-0.39, 0.29) is 17.3 Å². The molecule has 1 aliphatic rings. The van der Waals surface area contributed by atoms with Crippen molar-refractivity contribution in [3.63, 3.8) is 0 Å². The molecule has 1 aliphatic heterocycles. The number of fused-ring (bicyclic) bond motifs is 1. The minimum absolute atomic E-state index is 0.109. The monoisotopic (exact) mass is 511 g/mol. The highest BCUT2D eigenvalue weighted by Crippen LogP contribution is 2.32. The number of amides is 1. The van der Waals surface area contributed by atoms with Crippen LogP contribution in [0.3, 0.4) is 0 Å². The number of para-hydroxylation sites is 2. The Hall–Kier alpha value is -4.45. The number of aromatic hydroxyl groups is 1. The molecule has 0 saturated carbocycles. The van der Waals surface area contributed by atoms with Crippen molar-refractivity contribution in [2.75, 3.05) is 16.2 Å². The van der Waals surface area contributed by atoms with Crippen LogP contribution in [-0.4, -0.2) is 43.0 Å². The Kier molecular flexibility index (Phi) is 6.62. The second-order valence-electron chi connectivity index (χ2n) is 8.08. The number of esters is 1. The third kappa shape index (κ3) is 4.84. The normalized spacial score (nSPS) is 14.7. The van der Waals surface area contributed by atoms with Crippen molar-refractivity contribution in [2.45, 2.75) is 24.3 Å². The highest BCUT2D eigenvalue weighted by atomic mass is 32.2. The summed E-state index contributed by atoms with van der Waals surface area (Å²) in [6.45, 7) is 1.33. The van der Waals surface area contributed by atoms with Crippen molar-refractivity contribution >= 4 is 39.0 Å². The highest BCUT2D eigenvalue weighted by Gasteiger charge is 2.31. The Labute approximate surface area is 206 Å². The van der Waals surface area contributed by atoms with E-state index in [2.05, 4.69) is 4.72 Å². The summed E-state index contributed by atoms with van der Waals surface area (Å²) < 4.78 is 33.1. The first-order valence-electron chi connectivity index (χ1n) is 10.7. The molecule has 0 saturated heterocycles. The molecule has 3 aromatic rings. The number of nitro benzene ring substituents is 1. The van der Waals surface area contributed by atoms with Gasteiger partial charge >= 0.3 is 11.7 Å². The minimum Gasteiger partial charge on any atom is -0.502 e. The molecule has 0 bridgehead atoms. The molecule has 0 unspecified atom stereocenters. The quantitative estimate of drug-likeness (QED) is 0.278. The molecule has 2 N–H and O–H groups in total. The van der Waals surface area contributed by atoms with Crippen LogP contribution in [0.15, 0.2) is 71.6 Å². The van der Waals surface area contributed by atoms with Gasteiger partial charge in [-0.3, -0.25) is 19.6 Å². The lowest BCUT2D eigenvalue weighted by molar-refractivity contribution is -0.386. The zero-order chi connectivity index (χ0) is 26.0. The number of phenolic OH excluding ortho intramolecular Hbond substituents is 1. The van der Waals surface area contributed by atoms with E-state index in [1.807, 2.05) is 31.2 Å². The maximum Gasteiger partial charge on any atom is 0.340 e. The number of nitro groups is 1. The Morgan fingerprint density at radius 1 is 1.14 bits per heavy atom. The maximum atomic E-state index is 12.8. The third-order valence-electron chi connectivity index (χ3n) is 5.65. The van der Waals surface area contributed by atoms with E-state index in [4.69, 9.17) is 4.74 Å². The molecule has 186 valence electrons. The zero-order valence-corrected chi connectivity index (χ0v) is 19.8. The summed E-state index contributed by atoms with van der Waals surface area (Å²) in [7, 11) is -4.38. The van der Waals surface area contributed by atoms with Crippen LogP contribution in [0.4, 0.5) is 17.1 Å². The highest BCUT2D eigenvalue weighted by molar-refractivity contribution is 7.92. The van der Waals surface area contributed by atoms with Crippen LogP contribution in [-0.2, 0) is 26.0 Å². The van der Waals surface area contributed by atoms with E-state index >= 15 is 0 Å². The SMILES string of the molecule is C[C@@H]1Cc2ccccc2N1C(=O)COC(=O)c1ccccc1NS(=O)(=O)c1ccc(O)c([N+](=O)[O-])c1. The molecule has 3 aromatic carbocycles. The maximum absolute atomic E-state index is 12.8. The van der Waals surface area contributed by atoms with Gasteiger partial charge in [0.15, 0.2) is 12.4 Å². The molecule has 0 fully saturated rings. The van der Waals surface area contributed by atoms with Crippen molar-refractivity contribution in [3.05, 3.63) is 88.0 Å². The number of hydrogen-bond acceptors (Lipinski definition) is 8. The van der Waals surface area contributed by atoms with Gasteiger partial charge in [-0.05, 0) is 49.2 Å². The van der Waals surface area contributed by atoms with E-state index in [1.165, 1.54) is 24.3 Å². The lowest BCUT2D eigenvalue weighted by Crippen LogP contribution is -2.38. The van der Waals surface area contributed by atoms with E-state index in [9.17, 15) is 33.2 Å². The summed E-state index contributed by atoms with van der Waals surface area (Å²) in [6.07, 6.45) is 0.676. The van der Waals surface area contributed by atoms with Gasteiger partial charge in [-0.25, -0.2) is 13.2 Å². The first-order valence-corrected chi connectivity index (χ1v) is 12.2. The molecular formula is C24H21N3O8S. The smallest absolute Gasteiger partial charge is 0.340 e. The van der Waals surface area contributed by atoms with E-state index < -0.39 is 49.8 Å². The number of carbonyl (C=O) groups is 2. The van der Waals surface area contributed by atoms with Crippen molar-refractivity contribution < 1.29 is 32.8 Å². The van der Waals surface area contributed by atoms with Gasteiger partial charge in [0.1, 0.15) is 0 Å². The minimum atomic E-state index is -4.38. The Bertz CT molecular complexity index is 1470. The van der Waals surface area contributed by atoms with E-state index in [0.29, 0.717) is 12.5 Å². The predicted molar refractivity (Wildman–Crippen MR) is 129 cm³/mol. The molecule has 36 heavy (non-hydrogen) atoms. The lowest BCUT2D eigenvalue weighted by Gasteiger charge is -2.22. The lowest BCUT2D eigenvalue weighted by atomic mass is 10.1. The number of nitrogens with zero attached hydrogens (tertiary/aromatic N) is 2. The molecule has 1 heterocycles. The third-order valence-corrected chi connectivity index (χ3v) is 7.01. The number of ether oxygens (including phenoxy) is 1. The average molecular weight is 512 g/mol. The topological polar surface area (TPSA) is 156 Å². The number of benzene rings is 3. The van der Waals surface area contributed by atoms with Gasteiger partial charge in [0.25, 0.3) is 15.9 Å². The van der Waals surface area contributed by atoms with Gasteiger partial charge in [-0.1, -0.05) is 30.3 Å². The van der Waals surface area contributed by atoms with Gasteiger partial charge in [0.05, 0.1) is 21.1 Å². The molecule has 0 aliphatic carbocycles. The van der Waals surface area contributed by atoms with Gasteiger partial charge in [-0.15, -0.1) is 0 Å². The van der Waals surface area contributed by atoms with Gasteiger partial charge in [0, 0.05) is 17.8 Å². The van der Waals surface area contributed by atoms with Crippen LogP contribution in [0.25, 0.3) is 0 Å². The van der Waals surface area contributed by atoms with E-state index in [0.717, 1.165) is 23.4 Å². The van der Waals surface area contributed by atoms with Crippen LogP contribution < -0.4 is 9.62 Å². The summed E-state index contributed by atoms with van der Waals surface area (Å²) in [5.41, 5.74) is 0.672. The summed E-state index contributed by atoms with van der Waals surface area (Å²) >= 11 is 0. The number of hydrogen-bond donors (Lipinski definition) is 2. The second kappa shape index (κ2) is 9.66. The molecule has 1 amide bonds. The molecule has 0 aromatic heterocycles. The molecule has 12 heteroatoms. The molecular weight excluding hydrogens is 490 g/mol. The number of nitrogens with one attached hydrogen (secondary N) is 1. The molecule has 1 atom stereocenters. The number of rotatable bonds is 7. The van der Waals surface area contributed by atoms with Crippen LogP contribution in [0.2, 0.25) is 0 Å². The summed E-state index contributed by atoms with van der Waals surface area (Å²) in [4.78, 5) is 36.8. The Morgan fingerprint density at radius 3 is 2.58 bits per heavy atom. The van der Waals surface area contributed by atoms with Crippen molar-refractivity contribution in [2.24, 2.45) is 0 Å². The number of anilines is 2. The number of phenols is 1. The van der Waals surface area contributed by atoms with Gasteiger partial charge < -0.3 is 14.7 Å². The van der Waals surface area contributed by atoms with E-state index in [1.54, 1.807) is 4.90 Å². The standard InChI is InChI=1S/C24H21N3O8S/c1-15-12-16-6-2-5-9-20(16)26(15)23(29)14-35-24(30)18-7-3-4-8-19(18)25-36(33,34)17-10-11-22(28)21(13-17)27(31)32/h2-11,13,15,25,28H,12,14H2,1H3/t15-/m1/s1. The zero-order valence-electron chi connectivity index (χ0n) is 19.0. The predicted octanol–water partition coefficient (Wildman–Crippen LogP) is 3.24. The fourth-order valence-corrected chi connectivity index (χ4v) is 5.09. The molecule has 11 nitrogen and oxygen atoms in total.